The third-order valence-electron chi connectivity index (χ3n) is 7.18. The molecule has 0 spiro atoms. The average molecular weight is 585 g/mol. The summed E-state index contributed by atoms with van der Waals surface area (Å²) < 4.78 is 22.1. The van der Waals surface area contributed by atoms with E-state index < -0.39 is 92.1 Å². The van der Waals surface area contributed by atoms with Crippen LogP contribution >= 0.6 is 0 Å². The van der Waals surface area contributed by atoms with E-state index in [0.29, 0.717) is 5.56 Å². The number of ether oxygens (including phenoxy) is 4. The van der Waals surface area contributed by atoms with Crippen molar-refractivity contribution in [2.24, 2.45) is 0 Å². The second-order valence-corrected chi connectivity index (χ2v) is 9.97. The van der Waals surface area contributed by atoms with E-state index >= 15 is 0 Å². The molecule has 2 heterocycles. The van der Waals surface area contributed by atoms with Gasteiger partial charge in [0.2, 0.25) is 6.29 Å². The van der Waals surface area contributed by atoms with E-state index in [1.54, 1.807) is 6.92 Å². The summed E-state index contributed by atoms with van der Waals surface area (Å²) >= 11 is 0. The van der Waals surface area contributed by atoms with Crippen LogP contribution < -0.4 is 4.74 Å². The number of aromatic carboxylic acids is 1. The second-order valence-electron chi connectivity index (χ2n) is 9.97. The highest BCUT2D eigenvalue weighted by Gasteiger charge is 2.51. The molecule has 0 amide bonds. The van der Waals surface area contributed by atoms with Gasteiger partial charge in [0.1, 0.15) is 60.3 Å². The van der Waals surface area contributed by atoms with Crippen LogP contribution in [0.25, 0.3) is 10.8 Å². The van der Waals surface area contributed by atoms with Crippen LogP contribution in [0, 0.1) is 6.92 Å². The largest absolute Gasteiger partial charge is 0.506 e. The van der Waals surface area contributed by atoms with Crippen LogP contribution in [0.15, 0.2) is 18.2 Å². The van der Waals surface area contributed by atoms with Gasteiger partial charge in [-0.25, -0.2) is 4.79 Å². The quantitative estimate of drug-likeness (QED) is 0.149. The highest BCUT2D eigenvalue weighted by molar-refractivity contribution is 6.08. The Labute approximate surface area is 232 Å². The molecule has 2 aliphatic rings. The van der Waals surface area contributed by atoms with Crippen LogP contribution in [0.5, 0.6) is 11.5 Å². The van der Waals surface area contributed by atoms with Gasteiger partial charge in [0.15, 0.2) is 12.1 Å². The van der Waals surface area contributed by atoms with Crippen molar-refractivity contribution >= 4 is 22.5 Å². The Bertz CT molecular complexity index is 1300. The first-order valence-corrected chi connectivity index (χ1v) is 12.6. The minimum atomic E-state index is -1.93. The highest BCUT2D eigenvalue weighted by atomic mass is 16.7. The molecular weight excluding hydrogens is 552 g/mol. The molecule has 0 aliphatic carbocycles. The summed E-state index contributed by atoms with van der Waals surface area (Å²) in [6.45, 7) is 1.18. The predicted octanol–water partition coefficient (Wildman–Crippen LogP) is -2.24. The van der Waals surface area contributed by atoms with E-state index in [9.17, 15) is 55.5 Å². The van der Waals surface area contributed by atoms with Crippen LogP contribution in [-0.2, 0) is 14.2 Å². The minimum absolute atomic E-state index is 0.0528. The summed E-state index contributed by atoms with van der Waals surface area (Å²) in [5.41, 5.74) is 0.0319. The fourth-order valence-electron chi connectivity index (χ4n) is 5.05. The van der Waals surface area contributed by atoms with Crippen molar-refractivity contribution in [3.05, 3.63) is 34.9 Å². The number of aryl methyl sites for hydroxylation is 1. The molecule has 10 atom stereocenters. The van der Waals surface area contributed by atoms with Crippen molar-refractivity contribution in [3.8, 4) is 11.5 Å². The van der Waals surface area contributed by atoms with Gasteiger partial charge in [-0.1, -0.05) is 6.07 Å². The SMILES string of the molecule is CC(=O)c1c(C)cc2cc(C(=O)O)cc(O[C@@H]3O[C@H](CO)[C@@H](O)[C@H](O[C@@H]4O[C@H](CO)[C@@H](O)[C@H](O)[C@H]4O)[C@H]3O)c2c1O. The summed E-state index contributed by atoms with van der Waals surface area (Å²) in [6, 6.07) is 3.73. The fourth-order valence-corrected chi connectivity index (χ4v) is 5.05. The molecule has 2 aromatic carbocycles. The highest BCUT2D eigenvalue weighted by Crippen LogP contribution is 2.41. The number of fused-ring (bicyclic) bond motifs is 1. The maximum Gasteiger partial charge on any atom is 0.335 e. The molecule has 0 radical (unpaired) electrons. The van der Waals surface area contributed by atoms with E-state index in [0.717, 1.165) is 6.07 Å². The van der Waals surface area contributed by atoms with Gasteiger partial charge in [-0.3, -0.25) is 4.79 Å². The Kier molecular flexibility index (Phi) is 9.15. The van der Waals surface area contributed by atoms with Crippen LogP contribution in [0.2, 0.25) is 0 Å². The number of carboxylic acid groups (broad SMARTS) is 1. The molecule has 15 nitrogen and oxygen atoms in total. The van der Waals surface area contributed by atoms with Crippen molar-refractivity contribution in [3.63, 3.8) is 0 Å². The zero-order valence-corrected chi connectivity index (χ0v) is 21.9. The number of carbonyl (C=O) groups is 2. The van der Waals surface area contributed by atoms with Gasteiger partial charge in [-0.2, -0.15) is 0 Å². The number of carboxylic acids is 1. The van der Waals surface area contributed by atoms with Crippen molar-refractivity contribution in [2.45, 2.75) is 75.3 Å². The number of ketones is 1. The molecule has 9 N–H and O–H groups in total. The molecule has 2 fully saturated rings. The molecule has 41 heavy (non-hydrogen) atoms. The Morgan fingerprint density at radius 1 is 0.854 bits per heavy atom. The molecule has 0 aromatic heterocycles. The van der Waals surface area contributed by atoms with E-state index in [1.165, 1.54) is 19.1 Å². The van der Waals surface area contributed by atoms with Gasteiger partial charge >= 0.3 is 5.97 Å². The van der Waals surface area contributed by atoms with Gasteiger partial charge in [-0.05, 0) is 36.9 Å². The summed E-state index contributed by atoms with van der Waals surface area (Å²) in [6.07, 6.45) is -17.2. The molecule has 2 aromatic rings. The molecule has 15 heteroatoms. The number of aromatic hydroxyl groups is 1. The number of benzene rings is 2. The lowest BCUT2D eigenvalue weighted by Crippen LogP contribution is -2.65. The van der Waals surface area contributed by atoms with E-state index in [2.05, 4.69) is 0 Å². The second kappa shape index (κ2) is 12.1. The first-order valence-electron chi connectivity index (χ1n) is 12.6. The predicted molar refractivity (Wildman–Crippen MR) is 134 cm³/mol. The van der Waals surface area contributed by atoms with Crippen LogP contribution in [0.3, 0.4) is 0 Å². The normalized spacial score (nSPS) is 34.0. The lowest BCUT2D eigenvalue weighted by Gasteiger charge is -2.45. The average Bonchev–Trinajstić information content (AvgIpc) is 2.91. The number of hydrogen-bond acceptors (Lipinski definition) is 14. The number of carbonyl (C=O) groups excluding carboxylic acids is 1. The van der Waals surface area contributed by atoms with Crippen LogP contribution in [0.1, 0.15) is 33.2 Å². The molecule has 2 saturated heterocycles. The number of Topliss-reactive ketones (excluding diaryl/α,β-unsaturated/α-hetero) is 1. The number of phenols is 1. The first kappa shape index (κ1) is 31.0. The van der Waals surface area contributed by atoms with Gasteiger partial charge in [-0.15, -0.1) is 0 Å². The monoisotopic (exact) mass is 584 g/mol. The summed E-state index contributed by atoms with van der Waals surface area (Å²) in [4.78, 5) is 24.0. The van der Waals surface area contributed by atoms with Crippen LogP contribution in [0.4, 0.5) is 0 Å². The number of aliphatic hydroxyl groups is 7. The fraction of sp³-hybridized carbons (Fsp3) is 0.538. The lowest BCUT2D eigenvalue weighted by atomic mass is 9.95. The maximum atomic E-state index is 12.2. The molecular formula is C26H32O15. The number of hydrogen-bond donors (Lipinski definition) is 9. The van der Waals surface area contributed by atoms with Crippen molar-refractivity contribution in [1.29, 1.82) is 0 Å². The number of rotatable bonds is 8. The third-order valence-corrected chi connectivity index (χ3v) is 7.18. The summed E-state index contributed by atoms with van der Waals surface area (Å²) in [5, 5.41) is 92.2. The van der Waals surface area contributed by atoms with Gasteiger partial charge < -0.3 is 64.9 Å². The van der Waals surface area contributed by atoms with Crippen molar-refractivity contribution in [2.75, 3.05) is 13.2 Å². The van der Waals surface area contributed by atoms with Gasteiger partial charge in [0.05, 0.1) is 29.7 Å². The maximum absolute atomic E-state index is 12.2. The minimum Gasteiger partial charge on any atom is -0.506 e. The van der Waals surface area contributed by atoms with Gasteiger partial charge in [0, 0.05) is 0 Å². The standard InChI is InChI=1S/C26H32O15/c1-8-3-10-4-11(24(36)37)5-12(16(10)19(32)15(8)9(2)29)38-26-22(35)23(18(31)14(7-28)40-26)41-25-21(34)20(33)17(30)13(6-27)39-25/h3-5,13-14,17-18,20-23,25-28,30-35H,6-7H2,1-2H3,(H,36,37)/t13-,14-,17-,18-,20+,21-,22-,23+,25+,26-/m1/s1. The zero-order valence-electron chi connectivity index (χ0n) is 21.9. The molecule has 4 rings (SSSR count). The Balaban J connectivity index is 1.72. The lowest BCUT2D eigenvalue weighted by molar-refractivity contribution is -0.352. The molecule has 0 saturated carbocycles. The van der Waals surface area contributed by atoms with E-state index in [1.807, 2.05) is 0 Å². The zero-order chi connectivity index (χ0) is 30.3. The molecule has 0 bridgehead atoms. The molecule has 226 valence electrons. The smallest absolute Gasteiger partial charge is 0.335 e. The van der Waals surface area contributed by atoms with Gasteiger partial charge in [0.25, 0.3) is 0 Å². The number of phenolic OH excluding ortho intramolecular Hbond substituents is 1. The third kappa shape index (κ3) is 5.74. The number of aliphatic hydroxyl groups excluding tert-OH is 7. The summed E-state index contributed by atoms with van der Waals surface area (Å²) in [7, 11) is 0. The molecule has 0 unspecified atom stereocenters. The molecule has 2 aliphatic heterocycles. The Hall–Kier alpha value is -2.96. The van der Waals surface area contributed by atoms with E-state index in [4.69, 9.17) is 18.9 Å². The van der Waals surface area contributed by atoms with Crippen molar-refractivity contribution < 1.29 is 74.5 Å². The topological polar surface area (TPSA) is 253 Å². The Morgan fingerprint density at radius 2 is 1.46 bits per heavy atom. The van der Waals surface area contributed by atoms with Crippen molar-refractivity contribution in [1.82, 2.24) is 0 Å². The first-order chi connectivity index (χ1) is 19.3. The Morgan fingerprint density at radius 3 is 2.05 bits per heavy atom. The van der Waals surface area contributed by atoms with Crippen LogP contribution in [-0.4, -0.2) is 132 Å². The summed E-state index contributed by atoms with van der Waals surface area (Å²) in [5.74, 6) is -2.69. The van der Waals surface area contributed by atoms with E-state index in [-0.39, 0.29) is 27.6 Å².